The Labute approximate surface area is 247 Å². The molecule has 0 unspecified atom stereocenters. The van der Waals surface area contributed by atoms with Gasteiger partial charge < -0.3 is 39.7 Å². The highest BCUT2D eigenvalue weighted by Gasteiger charge is 2.48. The van der Waals surface area contributed by atoms with E-state index >= 15 is 0 Å². The average molecular weight is 924 g/mol. The number of carboxylic acid groups (broad SMARTS) is 2. The van der Waals surface area contributed by atoms with Crippen LogP contribution in [0.2, 0.25) is 0 Å². The van der Waals surface area contributed by atoms with Gasteiger partial charge in [0.05, 0.1) is 20.7 Å². The Hall–Kier alpha value is -0.260. The fourth-order valence-corrected chi connectivity index (χ4v) is 7.16. The third kappa shape index (κ3) is 6.54. The first-order chi connectivity index (χ1) is 15.9. The molecule has 1 heterocycles. The molecule has 184 valence electrons. The van der Waals surface area contributed by atoms with E-state index in [0.29, 0.717) is 24.2 Å². The number of halogens is 4. The Morgan fingerprint density at radius 1 is 0.824 bits per heavy atom. The molecule has 0 saturated carbocycles. The standard InChI is InChI=1S/C20H16I4O10/c21-8-1-6(3-12(25)26)2-9(22)16(8)32-7-4-10(23)17(11(24)5-7)33-20-15(29)13(27)14(28)18(34-20)19(30)31/h1-2,4-5,13-15,18,20,27-29H,3H2,(H,25,26)(H,30,31)/t13-,14-,15+,18-,20+/m0/s1. The molecular formula is C20H16I4O10. The van der Waals surface area contributed by atoms with Gasteiger partial charge in [-0.05, 0) is 120 Å². The van der Waals surface area contributed by atoms with E-state index < -0.39 is 42.6 Å². The van der Waals surface area contributed by atoms with E-state index in [-0.39, 0.29) is 12.2 Å². The van der Waals surface area contributed by atoms with Crippen LogP contribution in [0.4, 0.5) is 0 Å². The maximum Gasteiger partial charge on any atom is 0.335 e. The van der Waals surface area contributed by atoms with Crippen LogP contribution in [0.3, 0.4) is 0 Å². The molecule has 1 saturated heterocycles. The van der Waals surface area contributed by atoms with Crippen molar-refractivity contribution in [1.82, 2.24) is 0 Å². The predicted molar refractivity (Wildman–Crippen MR) is 150 cm³/mol. The van der Waals surface area contributed by atoms with Crippen LogP contribution in [-0.4, -0.2) is 68.2 Å². The molecule has 0 radical (unpaired) electrons. The third-order valence-electron chi connectivity index (χ3n) is 4.65. The zero-order valence-electron chi connectivity index (χ0n) is 16.7. The van der Waals surface area contributed by atoms with Crippen LogP contribution in [0.5, 0.6) is 17.2 Å². The quantitative estimate of drug-likeness (QED) is 0.262. The van der Waals surface area contributed by atoms with Crippen molar-refractivity contribution in [2.75, 3.05) is 0 Å². The van der Waals surface area contributed by atoms with Crippen LogP contribution in [0, 0.1) is 14.3 Å². The molecule has 0 amide bonds. The second-order valence-corrected chi connectivity index (χ2v) is 11.8. The first-order valence-electron chi connectivity index (χ1n) is 9.34. The van der Waals surface area contributed by atoms with Gasteiger partial charge in [0.15, 0.2) is 11.9 Å². The van der Waals surface area contributed by atoms with Gasteiger partial charge in [0.25, 0.3) is 0 Å². The largest absolute Gasteiger partial charge is 0.481 e. The Bertz CT molecular complexity index is 1060. The molecule has 5 N–H and O–H groups in total. The predicted octanol–water partition coefficient (Wildman–Crippen LogP) is 2.80. The lowest BCUT2D eigenvalue weighted by Crippen LogP contribution is -2.61. The summed E-state index contributed by atoms with van der Waals surface area (Å²) in [7, 11) is 0. The molecule has 5 atom stereocenters. The summed E-state index contributed by atoms with van der Waals surface area (Å²) in [6, 6.07) is 6.79. The maximum absolute atomic E-state index is 11.3. The fraction of sp³-hybridized carbons (Fsp3) is 0.300. The van der Waals surface area contributed by atoms with Gasteiger partial charge in [-0.1, -0.05) is 0 Å². The summed E-state index contributed by atoms with van der Waals surface area (Å²) in [5.41, 5.74) is 0.652. The van der Waals surface area contributed by atoms with E-state index in [1.165, 1.54) is 0 Å². The molecule has 1 aliphatic rings. The van der Waals surface area contributed by atoms with Crippen molar-refractivity contribution in [2.24, 2.45) is 0 Å². The van der Waals surface area contributed by atoms with Gasteiger partial charge in [0, 0.05) is 0 Å². The highest BCUT2D eigenvalue weighted by molar-refractivity contribution is 14.1. The SMILES string of the molecule is O=C(O)Cc1cc(I)c(Oc2cc(I)c(O[C@@H]3O[C@H](C(=O)O)[C@@H](O)[C@H](O)[C@H]3O)c(I)c2)c(I)c1. The number of aliphatic hydroxyl groups excluding tert-OH is 3. The lowest BCUT2D eigenvalue weighted by Gasteiger charge is -2.38. The lowest BCUT2D eigenvalue weighted by atomic mass is 9.99. The van der Waals surface area contributed by atoms with E-state index in [0.717, 1.165) is 7.14 Å². The molecule has 10 nitrogen and oxygen atoms in total. The molecule has 1 aliphatic heterocycles. The molecule has 1 fully saturated rings. The summed E-state index contributed by atoms with van der Waals surface area (Å²) in [6.45, 7) is 0. The minimum Gasteiger partial charge on any atom is -0.481 e. The van der Waals surface area contributed by atoms with E-state index in [9.17, 15) is 30.0 Å². The molecule has 0 aliphatic carbocycles. The van der Waals surface area contributed by atoms with Crippen molar-refractivity contribution in [3.05, 3.63) is 44.1 Å². The van der Waals surface area contributed by atoms with Crippen LogP contribution >= 0.6 is 90.4 Å². The zero-order valence-corrected chi connectivity index (χ0v) is 25.3. The minimum absolute atomic E-state index is 0.0995. The molecule has 0 bridgehead atoms. The molecular weight excluding hydrogens is 908 g/mol. The summed E-state index contributed by atoms with van der Waals surface area (Å²) in [4.78, 5) is 22.3. The van der Waals surface area contributed by atoms with Crippen LogP contribution in [0.1, 0.15) is 5.56 Å². The summed E-state index contributed by atoms with van der Waals surface area (Å²) in [5, 5.41) is 48.3. The van der Waals surface area contributed by atoms with E-state index in [1.807, 2.05) is 45.2 Å². The van der Waals surface area contributed by atoms with E-state index in [4.69, 9.17) is 19.3 Å². The van der Waals surface area contributed by atoms with Crippen LogP contribution in [-0.2, 0) is 20.7 Å². The van der Waals surface area contributed by atoms with Gasteiger partial charge in [-0.3, -0.25) is 4.79 Å². The first kappa shape index (κ1) is 28.3. The highest BCUT2D eigenvalue weighted by atomic mass is 127. The monoisotopic (exact) mass is 924 g/mol. The van der Waals surface area contributed by atoms with Gasteiger partial charge >= 0.3 is 11.9 Å². The van der Waals surface area contributed by atoms with Crippen molar-refractivity contribution in [3.8, 4) is 17.2 Å². The smallest absolute Gasteiger partial charge is 0.335 e. The normalized spacial score (nSPS) is 24.5. The number of hydrogen-bond acceptors (Lipinski definition) is 8. The second kappa shape index (κ2) is 11.9. The van der Waals surface area contributed by atoms with E-state index in [1.54, 1.807) is 24.3 Å². The van der Waals surface area contributed by atoms with Crippen molar-refractivity contribution in [3.63, 3.8) is 0 Å². The van der Waals surface area contributed by atoms with Gasteiger partial charge in [-0.15, -0.1) is 0 Å². The number of ether oxygens (including phenoxy) is 3. The van der Waals surface area contributed by atoms with Gasteiger partial charge in [0.2, 0.25) is 6.29 Å². The molecule has 34 heavy (non-hydrogen) atoms. The van der Waals surface area contributed by atoms with Crippen LogP contribution in [0.15, 0.2) is 24.3 Å². The zero-order chi connectivity index (χ0) is 25.3. The lowest BCUT2D eigenvalue weighted by molar-refractivity contribution is -0.271. The number of rotatable bonds is 7. The highest BCUT2D eigenvalue weighted by Crippen LogP contribution is 2.38. The maximum atomic E-state index is 11.3. The Morgan fingerprint density at radius 3 is 1.85 bits per heavy atom. The molecule has 2 aromatic carbocycles. The summed E-state index contributed by atoms with van der Waals surface area (Å²) >= 11 is 8.10. The van der Waals surface area contributed by atoms with Gasteiger partial charge in [-0.25, -0.2) is 4.79 Å². The molecule has 14 heteroatoms. The third-order valence-corrected chi connectivity index (χ3v) is 7.86. The van der Waals surface area contributed by atoms with Crippen molar-refractivity contribution in [1.29, 1.82) is 0 Å². The average Bonchev–Trinajstić information content (AvgIpc) is 2.72. The first-order valence-corrected chi connectivity index (χ1v) is 13.7. The van der Waals surface area contributed by atoms with Gasteiger partial charge in [0.1, 0.15) is 29.8 Å². The number of aliphatic hydroxyl groups is 3. The number of carboxylic acids is 2. The Balaban J connectivity index is 1.83. The molecule has 0 aromatic heterocycles. The number of hydrogen-bond donors (Lipinski definition) is 5. The Morgan fingerprint density at radius 2 is 1.35 bits per heavy atom. The number of benzene rings is 2. The molecule has 2 aromatic rings. The minimum atomic E-state index is -1.81. The number of carbonyl (C=O) groups is 2. The summed E-state index contributed by atoms with van der Waals surface area (Å²) < 4.78 is 19.5. The van der Waals surface area contributed by atoms with Crippen molar-refractivity contribution >= 4 is 102 Å². The summed E-state index contributed by atoms with van der Waals surface area (Å²) in [5.74, 6) is -1.14. The molecule has 3 rings (SSSR count). The Kier molecular flexibility index (Phi) is 9.87. The van der Waals surface area contributed by atoms with Crippen molar-refractivity contribution in [2.45, 2.75) is 37.1 Å². The van der Waals surface area contributed by atoms with Crippen LogP contribution in [0.25, 0.3) is 0 Å². The fourth-order valence-electron chi connectivity index (χ4n) is 3.08. The van der Waals surface area contributed by atoms with Gasteiger partial charge in [-0.2, -0.15) is 0 Å². The molecule has 0 spiro atoms. The topological polar surface area (TPSA) is 163 Å². The number of aliphatic carboxylic acids is 2. The van der Waals surface area contributed by atoms with E-state index in [2.05, 4.69) is 45.2 Å². The van der Waals surface area contributed by atoms with Crippen molar-refractivity contribution < 1.29 is 49.3 Å². The summed E-state index contributed by atoms with van der Waals surface area (Å²) in [6.07, 6.45) is -8.66. The second-order valence-electron chi connectivity index (χ2n) is 7.13. The van der Waals surface area contributed by atoms with Crippen LogP contribution < -0.4 is 9.47 Å².